The molecule has 5 rings (SSSR count). The fraction of sp³-hybridized carbons (Fsp3) is 0.280. The van der Waals surface area contributed by atoms with Gasteiger partial charge in [0.1, 0.15) is 0 Å². The minimum Gasteiger partial charge on any atom is -0.335 e. The third kappa shape index (κ3) is 3.99. The molecule has 9 heteroatoms. The number of carbonyl (C=O) groups excluding carboxylic acids is 1. The lowest BCUT2D eigenvalue weighted by molar-refractivity contribution is -0.130. The molecule has 0 N–H and O–H groups in total. The molecule has 0 bridgehead atoms. The summed E-state index contributed by atoms with van der Waals surface area (Å²) in [7, 11) is 0. The number of carbonyl (C=O) groups is 1. The van der Waals surface area contributed by atoms with E-state index in [0.29, 0.717) is 35.1 Å². The molecule has 1 saturated heterocycles. The van der Waals surface area contributed by atoms with E-state index in [1.165, 1.54) is 9.20 Å². The van der Waals surface area contributed by atoms with E-state index in [2.05, 4.69) is 5.10 Å². The number of benzene rings is 2. The van der Waals surface area contributed by atoms with Gasteiger partial charge in [-0.3, -0.25) is 4.79 Å². The van der Waals surface area contributed by atoms with Gasteiger partial charge in [0.15, 0.2) is 5.65 Å². The van der Waals surface area contributed by atoms with E-state index in [0.717, 1.165) is 22.3 Å². The smallest absolute Gasteiger partial charge is 0.335 e. The van der Waals surface area contributed by atoms with Crippen molar-refractivity contribution < 1.29 is 4.79 Å². The van der Waals surface area contributed by atoms with Crippen LogP contribution in [0.15, 0.2) is 59.5 Å². The van der Waals surface area contributed by atoms with Crippen molar-refractivity contribution in [1.82, 2.24) is 24.3 Å². The lowest BCUT2D eigenvalue weighted by Crippen LogP contribution is -2.42. The van der Waals surface area contributed by atoms with Gasteiger partial charge in [0.2, 0.25) is 5.91 Å². The Balaban J connectivity index is 1.67. The molecule has 4 aromatic rings. The van der Waals surface area contributed by atoms with Crippen LogP contribution in [-0.2, 0) is 11.3 Å². The predicted molar refractivity (Wildman–Crippen MR) is 133 cm³/mol. The van der Waals surface area contributed by atoms with Crippen molar-refractivity contribution in [2.45, 2.75) is 45.3 Å². The fourth-order valence-corrected chi connectivity index (χ4v) is 4.93. The van der Waals surface area contributed by atoms with Gasteiger partial charge in [0, 0.05) is 33.6 Å². The summed E-state index contributed by atoms with van der Waals surface area (Å²) in [5, 5.41) is 10.4. The highest BCUT2D eigenvalue weighted by Gasteiger charge is 2.34. The van der Waals surface area contributed by atoms with E-state index in [4.69, 9.17) is 28.3 Å². The SMILES string of the molecule is CC(C)N1C(=O)CCC1Cn1nc2c(-c3ccc(Cl)cc3)c(-c3ccc(Cl)cc3)cnn2c1=O. The lowest BCUT2D eigenvalue weighted by Gasteiger charge is -2.28. The molecule has 0 saturated carbocycles. The van der Waals surface area contributed by atoms with Crippen molar-refractivity contribution in [2.24, 2.45) is 0 Å². The van der Waals surface area contributed by atoms with Gasteiger partial charge in [0.25, 0.3) is 0 Å². The molecule has 1 atom stereocenters. The molecule has 1 fully saturated rings. The van der Waals surface area contributed by atoms with Crippen molar-refractivity contribution in [3.63, 3.8) is 0 Å². The van der Waals surface area contributed by atoms with E-state index in [-0.39, 0.29) is 23.7 Å². The summed E-state index contributed by atoms with van der Waals surface area (Å²) in [4.78, 5) is 27.5. The van der Waals surface area contributed by atoms with Crippen molar-refractivity contribution in [3.8, 4) is 22.3 Å². The second kappa shape index (κ2) is 8.89. The quantitative estimate of drug-likeness (QED) is 0.393. The first-order chi connectivity index (χ1) is 16.3. The Morgan fingerprint density at radius 3 is 2.21 bits per heavy atom. The van der Waals surface area contributed by atoms with Crippen molar-refractivity contribution >= 4 is 34.8 Å². The first kappa shape index (κ1) is 22.6. The van der Waals surface area contributed by atoms with Crippen LogP contribution in [0, 0.1) is 0 Å². The third-order valence-electron chi connectivity index (χ3n) is 6.21. The molecule has 0 aliphatic carbocycles. The summed E-state index contributed by atoms with van der Waals surface area (Å²) in [5.74, 6) is 0.113. The van der Waals surface area contributed by atoms with Gasteiger partial charge >= 0.3 is 5.69 Å². The molecular formula is C25H23Cl2N5O2. The summed E-state index contributed by atoms with van der Waals surface area (Å²) in [6.07, 6.45) is 2.86. The molecule has 0 radical (unpaired) electrons. The van der Waals surface area contributed by atoms with E-state index < -0.39 is 0 Å². The first-order valence-corrected chi connectivity index (χ1v) is 11.9. The summed E-state index contributed by atoms with van der Waals surface area (Å²) in [6, 6.07) is 14.8. The van der Waals surface area contributed by atoms with Gasteiger partial charge < -0.3 is 4.90 Å². The van der Waals surface area contributed by atoms with Gasteiger partial charge in [-0.15, -0.1) is 5.10 Å². The maximum atomic E-state index is 13.3. The zero-order chi connectivity index (χ0) is 24.0. The molecular weight excluding hydrogens is 473 g/mol. The van der Waals surface area contributed by atoms with E-state index in [9.17, 15) is 9.59 Å². The van der Waals surface area contributed by atoms with Crippen LogP contribution in [0.3, 0.4) is 0 Å². The molecule has 7 nitrogen and oxygen atoms in total. The van der Waals surface area contributed by atoms with Crippen LogP contribution < -0.4 is 5.69 Å². The van der Waals surface area contributed by atoms with Crippen molar-refractivity contribution in [1.29, 1.82) is 0 Å². The molecule has 2 aromatic carbocycles. The van der Waals surface area contributed by atoms with Crippen LogP contribution >= 0.6 is 23.2 Å². The number of hydrogen-bond donors (Lipinski definition) is 0. The number of hydrogen-bond acceptors (Lipinski definition) is 4. The Kier molecular flexibility index (Phi) is 5.91. The number of nitrogens with zero attached hydrogens (tertiary/aromatic N) is 5. The Labute approximate surface area is 206 Å². The zero-order valence-electron chi connectivity index (χ0n) is 18.8. The second-order valence-electron chi connectivity index (χ2n) is 8.73. The van der Waals surface area contributed by atoms with E-state index in [1.807, 2.05) is 55.1 Å². The highest BCUT2D eigenvalue weighted by atomic mass is 35.5. The maximum absolute atomic E-state index is 13.3. The van der Waals surface area contributed by atoms with Gasteiger partial charge in [-0.05, 0) is 55.7 Å². The summed E-state index contributed by atoms with van der Waals surface area (Å²) in [6.45, 7) is 4.30. The molecule has 0 spiro atoms. The predicted octanol–water partition coefficient (Wildman–Crippen LogP) is 4.93. The number of fused-ring (bicyclic) bond motifs is 1. The first-order valence-electron chi connectivity index (χ1n) is 11.2. The van der Waals surface area contributed by atoms with Gasteiger partial charge in [-0.2, -0.15) is 9.61 Å². The van der Waals surface area contributed by atoms with Crippen LogP contribution in [0.4, 0.5) is 0 Å². The van der Waals surface area contributed by atoms with Crippen LogP contribution in [-0.4, -0.2) is 42.3 Å². The minimum absolute atomic E-state index is 0.0620. The van der Waals surface area contributed by atoms with Crippen molar-refractivity contribution in [3.05, 3.63) is 75.3 Å². The lowest BCUT2D eigenvalue weighted by atomic mass is 9.97. The topological polar surface area (TPSA) is 72.5 Å². The second-order valence-corrected chi connectivity index (χ2v) is 9.61. The van der Waals surface area contributed by atoms with Gasteiger partial charge in [-0.1, -0.05) is 47.5 Å². The zero-order valence-corrected chi connectivity index (χ0v) is 20.3. The van der Waals surface area contributed by atoms with Crippen LogP contribution in [0.25, 0.3) is 27.9 Å². The summed E-state index contributed by atoms with van der Waals surface area (Å²) < 4.78 is 2.74. The largest absolute Gasteiger partial charge is 0.367 e. The van der Waals surface area contributed by atoms with Crippen molar-refractivity contribution in [2.75, 3.05) is 0 Å². The Hall–Kier alpha value is -3.16. The average molecular weight is 496 g/mol. The monoisotopic (exact) mass is 495 g/mol. The Morgan fingerprint density at radius 1 is 0.971 bits per heavy atom. The highest BCUT2D eigenvalue weighted by molar-refractivity contribution is 6.31. The molecule has 3 heterocycles. The molecule has 1 aliphatic rings. The summed E-state index contributed by atoms with van der Waals surface area (Å²) >= 11 is 12.2. The highest BCUT2D eigenvalue weighted by Crippen LogP contribution is 2.35. The Morgan fingerprint density at radius 2 is 1.59 bits per heavy atom. The molecule has 1 aliphatic heterocycles. The summed E-state index contributed by atoms with van der Waals surface area (Å²) in [5.41, 5.74) is 3.46. The molecule has 1 unspecified atom stereocenters. The third-order valence-corrected chi connectivity index (χ3v) is 6.72. The molecule has 2 aromatic heterocycles. The molecule has 34 heavy (non-hydrogen) atoms. The minimum atomic E-state index is -0.337. The van der Waals surface area contributed by atoms with E-state index in [1.54, 1.807) is 18.3 Å². The number of aromatic nitrogens is 4. The number of halogens is 2. The van der Waals surface area contributed by atoms with Crippen LogP contribution in [0.1, 0.15) is 26.7 Å². The number of rotatable bonds is 5. The number of likely N-dealkylation sites (tertiary alicyclic amines) is 1. The Bertz CT molecular complexity index is 1420. The van der Waals surface area contributed by atoms with Crippen LogP contribution in [0.2, 0.25) is 10.0 Å². The molecule has 174 valence electrons. The standard InChI is InChI=1S/C25H23Cl2N5O2/c1-15(2)31-20(11-12-22(31)33)14-30-25(34)32-24(29-30)23(17-5-9-19(27)10-6-17)21(13-28-32)16-3-7-18(26)8-4-16/h3-10,13,15,20H,11-12,14H2,1-2H3. The number of amides is 1. The van der Waals surface area contributed by atoms with E-state index >= 15 is 0 Å². The average Bonchev–Trinajstić information content (AvgIpc) is 3.34. The van der Waals surface area contributed by atoms with Gasteiger partial charge in [-0.25, -0.2) is 9.48 Å². The van der Waals surface area contributed by atoms with Gasteiger partial charge in [0.05, 0.1) is 18.8 Å². The maximum Gasteiger partial charge on any atom is 0.367 e. The molecule has 1 amide bonds. The fourth-order valence-electron chi connectivity index (χ4n) is 4.68. The normalized spacial score (nSPS) is 16.2. The van der Waals surface area contributed by atoms with Crippen LogP contribution in [0.5, 0.6) is 0 Å².